The van der Waals surface area contributed by atoms with Crippen molar-refractivity contribution in [3.8, 4) is 0 Å². The first-order valence-corrected chi connectivity index (χ1v) is 9.33. The van der Waals surface area contributed by atoms with Crippen LogP contribution < -0.4 is 0 Å². The van der Waals surface area contributed by atoms with E-state index in [9.17, 15) is 4.39 Å². The van der Waals surface area contributed by atoms with Gasteiger partial charge >= 0.3 is 0 Å². The first kappa shape index (κ1) is 18.3. The summed E-state index contributed by atoms with van der Waals surface area (Å²) in [4.78, 5) is 9.01. The molecule has 1 aliphatic rings. The Balaban J connectivity index is 1.78. The molecule has 0 saturated carbocycles. The van der Waals surface area contributed by atoms with Gasteiger partial charge in [-0.3, -0.25) is 14.8 Å². The maximum absolute atomic E-state index is 14.3. The van der Waals surface area contributed by atoms with Crippen LogP contribution in [0.5, 0.6) is 0 Å². The Bertz CT molecular complexity index is 660. The molecule has 0 radical (unpaired) electrons. The second-order valence-electron chi connectivity index (χ2n) is 6.66. The van der Waals surface area contributed by atoms with Crippen LogP contribution in [0.25, 0.3) is 0 Å². The van der Waals surface area contributed by atoms with Gasteiger partial charge in [0.2, 0.25) is 0 Å². The molecule has 2 heterocycles. The number of likely N-dealkylation sites (N-methyl/N-ethyl adjacent to an activating group) is 1. The van der Waals surface area contributed by atoms with E-state index < -0.39 is 0 Å². The third-order valence-electron chi connectivity index (χ3n) is 4.95. The van der Waals surface area contributed by atoms with Crippen LogP contribution in [0.1, 0.15) is 30.9 Å². The maximum atomic E-state index is 14.3. The van der Waals surface area contributed by atoms with Gasteiger partial charge in [0.15, 0.2) is 0 Å². The number of hydrogen-bond donors (Lipinski definition) is 0. The highest BCUT2D eigenvalue weighted by molar-refractivity contribution is 6.31. The predicted octanol–water partition coefficient (Wildman–Crippen LogP) is 4.36. The lowest BCUT2D eigenvalue weighted by atomic mass is 10.1. The number of halogens is 2. The summed E-state index contributed by atoms with van der Waals surface area (Å²) >= 11 is 6.26. The van der Waals surface area contributed by atoms with Crippen LogP contribution >= 0.6 is 11.6 Å². The summed E-state index contributed by atoms with van der Waals surface area (Å²) in [6.45, 7) is 6.58. The van der Waals surface area contributed by atoms with E-state index >= 15 is 0 Å². The zero-order chi connectivity index (χ0) is 17.6. The Morgan fingerprint density at radius 1 is 1.28 bits per heavy atom. The van der Waals surface area contributed by atoms with Gasteiger partial charge in [0.1, 0.15) is 5.82 Å². The molecule has 1 fully saturated rings. The van der Waals surface area contributed by atoms with Crippen LogP contribution in [0.3, 0.4) is 0 Å². The van der Waals surface area contributed by atoms with Gasteiger partial charge in [0.25, 0.3) is 0 Å². The second-order valence-corrected chi connectivity index (χ2v) is 7.06. The van der Waals surface area contributed by atoms with Gasteiger partial charge in [-0.25, -0.2) is 4.39 Å². The van der Waals surface area contributed by atoms with Crippen molar-refractivity contribution in [3.63, 3.8) is 0 Å². The average molecular weight is 362 g/mol. The van der Waals surface area contributed by atoms with Gasteiger partial charge in [-0.15, -0.1) is 0 Å². The van der Waals surface area contributed by atoms with Gasteiger partial charge in [-0.2, -0.15) is 0 Å². The van der Waals surface area contributed by atoms with E-state index in [1.165, 1.54) is 18.9 Å². The second kappa shape index (κ2) is 8.75. The molecule has 1 unspecified atom stereocenters. The van der Waals surface area contributed by atoms with Crippen LogP contribution in [-0.4, -0.2) is 40.5 Å². The van der Waals surface area contributed by atoms with Crippen molar-refractivity contribution in [2.24, 2.45) is 0 Å². The lowest BCUT2D eigenvalue weighted by Crippen LogP contribution is -2.40. The van der Waals surface area contributed by atoms with E-state index in [1.54, 1.807) is 18.3 Å². The number of rotatable bonds is 7. The first-order valence-electron chi connectivity index (χ1n) is 8.95. The summed E-state index contributed by atoms with van der Waals surface area (Å²) in [5.74, 6) is -0.234. The summed E-state index contributed by atoms with van der Waals surface area (Å²) in [5, 5.41) is 0.495. The van der Waals surface area contributed by atoms with Gasteiger partial charge in [0, 0.05) is 48.7 Å². The van der Waals surface area contributed by atoms with E-state index in [-0.39, 0.29) is 5.82 Å². The SMILES string of the molecule is CCN1CCCC1CN(Cc1cccnc1)Cc1c(F)cccc1Cl. The van der Waals surface area contributed by atoms with Crippen LogP contribution in [0.15, 0.2) is 42.7 Å². The molecular formula is C20H25ClFN3. The first-order chi connectivity index (χ1) is 12.2. The standard InChI is InChI=1S/C20H25ClFN3/c1-2-25-11-5-7-17(25)14-24(13-16-6-4-10-23-12-16)15-18-19(21)8-3-9-20(18)22/h3-4,6,8-10,12,17H,2,5,7,11,13-15H2,1H3. The van der Waals surface area contributed by atoms with E-state index in [0.717, 1.165) is 31.7 Å². The number of nitrogens with zero attached hydrogens (tertiary/aromatic N) is 3. The van der Waals surface area contributed by atoms with Crippen molar-refractivity contribution in [1.29, 1.82) is 0 Å². The average Bonchev–Trinajstić information content (AvgIpc) is 3.06. The minimum atomic E-state index is -0.234. The Kier molecular flexibility index (Phi) is 6.40. The summed E-state index contributed by atoms with van der Waals surface area (Å²) in [7, 11) is 0. The predicted molar refractivity (Wildman–Crippen MR) is 100 cm³/mol. The minimum absolute atomic E-state index is 0.234. The maximum Gasteiger partial charge on any atom is 0.129 e. The van der Waals surface area contributed by atoms with Crippen molar-refractivity contribution >= 4 is 11.6 Å². The van der Waals surface area contributed by atoms with Crippen molar-refractivity contribution in [1.82, 2.24) is 14.8 Å². The summed E-state index contributed by atoms with van der Waals surface area (Å²) in [6.07, 6.45) is 6.08. The largest absolute Gasteiger partial charge is 0.299 e. The number of aromatic nitrogens is 1. The highest BCUT2D eigenvalue weighted by Crippen LogP contribution is 2.24. The molecule has 1 saturated heterocycles. The molecule has 0 spiro atoms. The topological polar surface area (TPSA) is 19.4 Å². The monoisotopic (exact) mass is 361 g/mol. The normalized spacial score (nSPS) is 18.2. The zero-order valence-electron chi connectivity index (χ0n) is 14.7. The van der Waals surface area contributed by atoms with Crippen LogP contribution in [0.4, 0.5) is 4.39 Å². The Labute approximate surface area is 154 Å². The fourth-order valence-corrected chi connectivity index (χ4v) is 3.88. The molecule has 1 atom stereocenters. The third-order valence-corrected chi connectivity index (χ3v) is 5.30. The van der Waals surface area contributed by atoms with E-state index in [1.807, 2.05) is 12.3 Å². The van der Waals surface area contributed by atoms with Crippen molar-refractivity contribution in [2.45, 2.75) is 38.9 Å². The number of benzene rings is 1. The third kappa shape index (κ3) is 4.78. The fourth-order valence-electron chi connectivity index (χ4n) is 3.66. The minimum Gasteiger partial charge on any atom is -0.299 e. The molecule has 1 aliphatic heterocycles. The molecule has 0 amide bonds. The quantitative estimate of drug-likeness (QED) is 0.730. The molecule has 5 heteroatoms. The number of pyridine rings is 1. The van der Waals surface area contributed by atoms with E-state index in [4.69, 9.17) is 11.6 Å². The molecule has 0 aliphatic carbocycles. The highest BCUT2D eigenvalue weighted by atomic mass is 35.5. The van der Waals surface area contributed by atoms with Crippen molar-refractivity contribution in [2.75, 3.05) is 19.6 Å². The molecule has 0 bridgehead atoms. The lowest BCUT2D eigenvalue weighted by molar-refractivity contribution is 0.164. The molecule has 25 heavy (non-hydrogen) atoms. The van der Waals surface area contributed by atoms with Crippen molar-refractivity contribution < 1.29 is 4.39 Å². The van der Waals surface area contributed by atoms with Gasteiger partial charge < -0.3 is 0 Å². The van der Waals surface area contributed by atoms with Gasteiger partial charge in [-0.05, 0) is 49.7 Å². The number of hydrogen-bond acceptors (Lipinski definition) is 3. The molecule has 3 nitrogen and oxygen atoms in total. The molecule has 134 valence electrons. The van der Waals surface area contributed by atoms with Crippen molar-refractivity contribution in [3.05, 3.63) is 64.7 Å². The Morgan fingerprint density at radius 3 is 2.88 bits per heavy atom. The Morgan fingerprint density at radius 2 is 2.16 bits per heavy atom. The van der Waals surface area contributed by atoms with Crippen LogP contribution in [0, 0.1) is 5.82 Å². The highest BCUT2D eigenvalue weighted by Gasteiger charge is 2.26. The number of likely N-dealkylation sites (tertiary alicyclic amines) is 1. The molecule has 3 rings (SSSR count). The fraction of sp³-hybridized carbons (Fsp3) is 0.450. The zero-order valence-corrected chi connectivity index (χ0v) is 15.4. The van der Waals surface area contributed by atoms with Gasteiger partial charge in [-0.1, -0.05) is 30.7 Å². The summed E-state index contributed by atoms with van der Waals surface area (Å²) in [6, 6.07) is 9.43. The van der Waals surface area contributed by atoms with Crippen LogP contribution in [0.2, 0.25) is 5.02 Å². The molecule has 1 aromatic heterocycles. The summed E-state index contributed by atoms with van der Waals surface area (Å²) in [5.41, 5.74) is 1.71. The molecular weight excluding hydrogens is 337 g/mol. The van der Waals surface area contributed by atoms with E-state index in [2.05, 4.69) is 27.8 Å². The van der Waals surface area contributed by atoms with Crippen LogP contribution in [-0.2, 0) is 13.1 Å². The van der Waals surface area contributed by atoms with Gasteiger partial charge in [0.05, 0.1) is 0 Å². The van der Waals surface area contributed by atoms with E-state index in [0.29, 0.717) is 23.2 Å². The lowest BCUT2D eigenvalue weighted by Gasteiger charge is -2.30. The molecule has 2 aromatic rings. The Hall–Kier alpha value is -1.49. The molecule has 0 N–H and O–H groups in total. The smallest absolute Gasteiger partial charge is 0.129 e. The molecule has 1 aromatic carbocycles. The summed E-state index contributed by atoms with van der Waals surface area (Å²) < 4.78 is 14.3.